The second kappa shape index (κ2) is 13.5. The van der Waals surface area contributed by atoms with Crippen molar-refractivity contribution in [3.63, 3.8) is 0 Å². The minimum absolute atomic E-state index is 0.252. The first-order valence-electron chi connectivity index (χ1n) is 15.5. The Morgan fingerprint density at radius 3 is 2.69 bits per heavy atom. The lowest BCUT2D eigenvalue weighted by Crippen LogP contribution is -2.55. The number of nitrogens with two attached hydrogens (primary N) is 1. The third-order valence-electron chi connectivity index (χ3n) is 8.87. The minimum Gasteiger partial charge on any atom is -0.379 e. The van der Waals surface area contributed by atoms with Gasteiger partial charge in [-0.2, -0.15) is 5.10 Å². The van der Waals surface area contributed by atoms with Crippen molar-refractivity contribution < 1.29 is 9.13 Å². The summed E-state index contributed by atoms with van der Waals surface area (Å²) in [5, 5.41) is 7.64. The van der Waals surface area contributed by atoms with Crippen molar-refractivity contribution in [2.75, 3.05) is 56.2 Å². The van der Waals surface area contributed by atoms with Crippen LogP contribution in [0.4, 0.5) is 21.7 Å². The Bertz CT molecular complexity index is 1320. The highest BCUT2D eigenvalue weighted by molar-refractivity contribution is 5.65. The second-order valence-electron chi connectivity index (χ2n) is 12.3. The number of aryl methyl sites for hydroxylation is 1. The molecule has 0 spiro atoms. The van der Waals surface area contributed by atoms with Crippen LogP contribution in [0.25, 0.3) is 11.3 Å². The molecule has 3 N–H and O–H groups in total. The Labute approximate surface area is 249 Å². The third kappa shape index (κ3) is 7.10. The Balaban J connectivity index is 1.27. The Morgan fingerprint density at radius 2 is 1.98 bits per heavy atom. The number of morpholine rings is 1. The first kappa shape index (κ1) is 30.4. The zero-order valence-electron chi connectivity index (χ0n) is 25.7. The molecule has 4 heterocycles. The summed E-state index contributed by atoms with van der Waals surface area (Å²) in [5.41, 5.74) is 10.8. The predicted molar refractivity (Wildman–Crippen MR) is 167 cm³/mol. The fourth-order valence-electron chi connectivity index (χ4n) is 6.36. The van der Waals surface area contributed by atoms with E-state index in [0.29, 0.717) is 23.2 Å². The highest BCUT2D eigenvalue weighted by Gasteiger charge is 2.37. The van der Waals surface area contributed by atoms with Gasteiger partial charge >= 0.3 is 0 Å². The SMILES string of the molecule is CCC[C@@](N)(CCN1CCOCC1)[C@@H]1CCCN(c2ccc(Nc3ncc(C)c(-c4cnn(C(C)C)c4)n3)cc2F)C1. The quantitative estimate of drug-likeness (QED) is 0.306. The van der Waals surface area contributed by atoms with E-state index in [1.165, 1.54) is 0 Å². The van der Waals surface area contributed by atoms with Gasteiger partial charge in [0.05, 0.1) is 30.8 Å². The average Bonchev–Trinajstić information content (AvgIpc) is 3.49. The van der Waals surface area contributed by atoms with E-state index in [9.17, 15) is 0 Å². The standard InChI is InChI=1S/C32H47FN8O/c1-5-10-32(34,11-13-39-14-16-42-17-15-39)26-7-6-12-40(22-26)29-9-8-27(18-28(29)33)37-31-35-19-24(4)30(38-31)25-20-36-41(21-25)23(2)3/h8-9,18-21,23,26H,5-7,10-17,22,34H2,1-4H3,(H,35,37,38)/t26-,32-/m1/s1. The smallest absolute Gasteiger partial charge is 0.227 e. The lowest BCUT2D eigenvalue weighted by Gasteiger charge is -2.45. The Hall–Kier alpha value is -3.08. The summed E-state index contributed by atoms with van der Waals surface area (Å²) in [6.45, 7) is 14.5. The molecule has 42 heavy (non-hydrogen) atoms. The molecular weight excluding hydrogens is 531 g/mol. The first-order valence-corrected chi connectivity index (χ1v) is 15.5. The van der Waals surface area contributed by atoms with Crippen molar-refractivity contribution in [3.05, 3.63) is 48.2 Å². The molecule has 0 aliphatic carbocycles. The summed E-state index contributed by atoms with van der Waals surface area (Å²) in [7, 11) is 0. The van der Waals surface area contributed by atoms with Gasteiger partial charge in [0.2, 0.25) is 5.95 Å². The molecule has 2 aliphatic heterocycles. The number of rotatable bonds is 11. The topological polar surface area (TPSA) is 97.4 Å². The molecule has 0 saturated carbocycles. The van der Waals surface area contributed by atoms with E-state index in [-0.39, 0.29) is 17.4 Å². The van der Waals surface area contributed by atoms with E-state index >= 15 is 4.39 Å². The van der Waals surface area contributed by atoms with Gasteiger partial charge < -0.3 is 20.7 Å². The van der Waals surface area contributed by atoms with Crippen LogP contribution in [0.5, 0.6) is 0 Å². The predicted octanol–water partition coefficient (Wildman–Crippen LogP) is 5.55. The molecule has 0 bridgehead atoms. The van der Waals surface area contributed by atoms with Gasteiger partial charge in [0, 0.05) is 67.9 Å². The van der Waals surface area contributed by atoms with Gasteiger partial charge in [-0.05, 0) is 76.1 Å². The van der Waals surface area contributed by atoms with E-state index in [1.807, 2.05) is 36.1 Å². The zero-order valence-corrected chi connectivity index (χ0v) is 25.7. The lowest BCUT2D eigenvalue weighted by molar-refractivity contribution is 0.0315. The molecule has 2 aliphatic rings. The van der Waals surface area contributed by atoms with Crippen LogP contribution in [0, 0.1) is 18.7 Å². The highest BCUT2D eigenvalue weighted by atomic mass is 19.1. The van der Waals surface area contributed by atoms with Crippen molar-refractivity contribution in [2.24, 2.45) is 11.7 Å². The normalized spacial score (nSPS) is 19.7. The maximum atomic E-state index is 15.6. The van der Waals surface area contributed by atoms with Crippen LogP contribution in [0.15, 0.2) is 36.8 Å². The molecule has 2 aromatic heterocycles. The molecule has 9 nitrogen and oxygen atoms in total. The number of hydrogen-bond donors (Lipinski definition) is 2. The molecule has 10 heteroatoms. The second-order valence-corrected chi connectivity index (χ2v) is 12.3. The van der Waals surface area contributed by atoms with Gasteiger partial charge in [0.1, 0.15) is 5.82 Å². The number of aromatic nitrogens is 4. The minimum atomic E-state index is -0.254. The number of piperidine rings is 1. The van der Waals surface area contributed by atoms with Crippen LogP contribution in [-0.4, -0.2) is 76.1 Å². The van der Waals surface area contributed by atoms with Crippen molar-refractivity contribution in [3.8, 4) is 11.3 Å². The Kier molecular flexibility index (Phi) is 9.75. The van der Waals surface area contributed by atoms with Crippen molar-refractivity contribution >= 4 is 17.3 Å². The van der Waals surface area contributed by atoms with Crippen molar-refractivity contribution in [2.45, 2.75) is 71.4 Å². The summed E-state index contributed by atoms with van der Waals surface area (Å²) < 4.78 is 23.0. The van der Waals surface area contributed by atoms with Crippen LogP contribution in [0.1, 0.15) is 64.5 Å². The number of ether oxygens (including phenoxy) is 1. The van der Waals surface area contributed by atoms with Gasteiger partial charge in [-0.1, -0.05) is 13.3 Å². The molecule has 0 amide bonds. The summed E-state index contributed by atoms with van der Waals surface area (Å²) in [4.78, 5) is 13.8. The summed E-state index contributed by atoms with van der Waals surface area (Å²) in [6.07, 6.45) is 10.7. The van der Waals surface area contributed by atoms with E-state index in [2.05, 4.69) is 46.0 Å². The molecule has 1 aromatic carbocycles. The molecule has 0 radical (unpaired) electrons. The summed E-state index contributed by atoms with van der Waals surface area (Å²) >= 11 is 0. The van der Waals surface area contributed by atoms with Crippen LogP contribution in [0.3, 0.4) is 0 Å². The van der Waals surface area contributed by atoms with E-state index < -0.39 is 0 Å². The van der Waals surface area contributed by atoms with E-state index in [1.54, 1.807) is 12.3 Å². The van der Waals surface area contributed by atoms with Crippen LogP contribution < -0.4 is 16.0 Å². The molecule has 5 rings (SSSR count). The Morgan fingerprint density at radius 1 is 1.17 bits per heavy atom. The zero-order chi connectivity index (χ0) is 29.7. The number of nitrogens with one attached hydrogen (secondary N) is 1. The maximum Gasteiger partial charge on any atom is 0.227 e. The number of anilines is 3. The molecule has 0 unspecified atom stereocenters. The third-order valence-corrected chi connectivity index (χ3v) is 8.87. The van der Waals surface area contributed by atoms with Crippen molar-refractivity contribution in [1.82, 2.24) is 24.6 Å². The lowest BCUT2D eigenvalue weighted by atomic mass is 9.74. The molecule has 2 atom stereocenters. The summed E-state index contributed by atoms with van der Waals surface area (Å²) in [6, 6.07) is 5.58. The van der Waals surface area contributed by atoms with Crippen LogP contribution in [0.2, 0.25) is 0 Å². The number of benzene rings is 1. The maximum absolute atomic E-state index is 15.6. The molecule has 2 saturated heterocycles. The molecular formula is C32H47FN8O. The first-order chi connectivity index (χ1) is 20.3. The van der Waals surface area contributed by atoms with Crippen molar-refractivity contribution in [1.29, 1.82) is 0 Å². The van der Waals surface area contributed by atoms with Crippen LogP contribution >= 0.6 is 0 Å². The fourth-order valence-corrected chi connectivity index (χ4v) is 6.36. The van der Waals surface area contributed by atoms with Gasteiger partial charge in [-0.3, -0.25) is 9.58 Å². The van der Waals surface area contributed by atoms with Gasteiger partial charge in [-0.15, -0.1) is 0 Å². The van der Waals surface area contributed by atoms with E-state index in [0.717, 1.165) is 94.9 Å². The fraction of sp³-hybridized carbons (Fsp3) is 0.594. The molecule has 3 aromatic rings. The number of hydrogen-bond acceptors (Lipinski definition) is 8. The number of halogens is 1. The van der Waals surface area contributed by atoms with Crippen LogP contribution in [-0.2, 0) is 4.74 Å². The average molecular weight is 579 g/mol. The molecule has 228 valence electrons. The highest BCUT2D eigenvalue weighted by Crippen LogP contribution is 2.35. The largest absolute Gasteiger partial charge is 0.379 e. The van der Waals surface area contributed by atoms with E-state index in [4.69, 9.17) is 15.5 Å². The van der Waals surface area contributed by atoms with Gasteiger partial charge in [0.25, 0.3) is 0 Å². The summed E-state index contributed by atoms with van der Waals surface area (Å²) in [5.74, 6) is 0.493. The van der Waals surface area contributed by atoms with Gasteiger partial charge in [-0.25, -0.2) is 14.4 Å². The van der Waals surface area contributed by atoms with Gasteiger partial charge in [0.15, 0.2) is 0 Å². The molecule has 2 fully saturated rings. The number of nitrogens with zero attached hydrogens (tertiary/aromatic N) is 6. The monoisotopic (exact) mass is 578 g/mol.